The summed E-state index contributed by atoms with van der Waals surface area (Å²) >= 11 is 0. The van der Waals surface area contributed by atoms with Gasteiger partial charge in [-0.15, -0.1) is 0 Å². The maximum atomic E-state index is 13.9. The van der Waals surface area contributed by atoms with E-state index >= 15 is 0 Å². The Morgan fingerprint density at radius 1 is 1.24 bits per heavy atom. The number of hydrogen-bond donors (Lipinski definition) is 1. The van der Waals surface area contributed by atoms with Gasteiger partial charge in [0.1, 0.15) is 5.82 Å². The number of methoxy groups -OCH3 is 2. The van der Waals surface area contributed by atoms with Gasteiger partial charge in [0.25, 0.3) is 0 Å². The number of ether oxygens (including phenoxy) is 2. The van der Waals surface area contributed by atoms with E-state index in [-0.39, 0.29) is 11.9 Å². The van der Waals surface area contributed by atoms with Crippen molar-refractivity contribution in [3.05, 3.63) is 23.5 Å². The van der Waals surface area contributed by atoms with Crippen LogP contribution in [0.2, 0.25) is 0 Å². The van der Waals surface area contributed by atoms with Crippen LogP contribution in [0.4, 0.5) is 4.39 Å². The monoisotopic (exact) mass is 239 g/mol. The molecule has 1 saturated carbocycles. The predicted molar refractivity (Wildman–Crippen MR) is 63.8 cm³/mol. The Bertz CT molecular complexity index is 405. The minimum absolute atomic E-state index is 0.247. The summed E-state index contributed by atoms with van der Waals surface area (Å²) in [5, 5.41) is 0. The van der Waals surface area contributed by atoms with Gasteiger partial charge in [-0.25, -0.2) is 4.39 Å². The Kier molecular flexibility index (Phi) is 3.52. The van der Waals surface area contributed by atoms with E-state index in [1.165, 1.54) is 26.7 Å². The van der Waals surface area contributed by atoms with E-state index in [1.54, 1.807) is 6.07 Å². The lowest BCUT2D eigenvalue weighted by atomic mass is 9.77. The summed E-state index contributed by atoms with van der Waals surface area (Å²) in [6, 6.07) is 2.74. The first kappa shape index (κ1) is 12.2. The third kappa shape index (κ3) is 2.22. The zero-order valence-electron chi connectivity index (χ0n) is 10.2. The van der Waals surface area contributed by atoms with Crippen LogP contribution in [-0.4, -0.2) is 14.2 Å². The summed E-state index contributed by atoms with van der Waals surface area (Å²) in [6.45, 7) is 0. The van der Waals surface area contributed by atoms with Crippen molar-refractivity contribution in [3.8, 4) is 11.5 Å². The van der Waals surface area contributed by atoms with Crippen LogP contribution in [0.5, 0.6) is 11.5 Å². The Balaban J connectivity index is 2.32. The smallest absolute Gasteiger partial charge is 0.163 e. The standard InChI is InChI=1S/C13H18FNO2/c1-16-11-6-9(10(14)7-12(11)17-2)13(15)8-4-3-5-8/h6-8,13H,3-5,15H2,1-2H3/t13-/m1/s1. The summed E-state index contributed by atoms with van der Waals surface area (Å²) in [5.41, 5.74) is 6.60. The second-order valence-electron chi connectivity index (χ2n) is 4.45. The summed E-state index contributed by atoms with van der Waals surface area (Å²) in [7, 11) is 3.03. The van der Waals surface area contributed by atoms with Gasteiger partial charge >= 0.3 is 0 Å². The van der Waals surface area contributed by atoms with Gasteiger partial charge in [-0.1, -0.05) is 6.42 Å². The molecule has 1 aliphatic rings. The maximum Gasteiger partial charge on any atom is 0.163 e. The van der Waals surface area contributed by atoms with Gasteiger partial charge in [-0.3, -0.25) is 0 Å². The fraction of sp³-hybridized carbons (Fsp3) is 0.538. The van der Waals surface area contributed by atoms with Gasteiger partial charge in [-0.2, -0.15) is 0 Å². The molecular weight excluding hydrogens is 221 g/mol. The van der Waals surface area contributed by atoms with Crippen molar-refractivity contribution in [2.75, 3.05) is 14.2 Å². The van der Waals surface area contributed by atoms with Crippen molar-refractivity contribution in [2.45, 2.75) is 25.3 Å². The lowest BCUT2D eigenvalue weighted by Crippen LogP contribution is -2.27. The molecule has 0 unspecified atom stereocenters. The molecule has 2 rings (SSSR count). The van der Waals surface area contributed by atoms with Gasteiger partial charge in [0.2, 0.25) is 0 Å². The molecule has 1 aliphatic carbocycles. The lowest BCUT2D eigenvalue weighted by Gasteiger charge is -2.31. The summed E-state index contributed by atoms with van der Waals surface area (Å²) in [5.74, 6) is 0.998. The molecule has 94 valence electrons. The number of benzene rings is 1. The fourth-order valence-corrected chi connectivity index (χ4v) is 2.18. The molecule has 0 spiro atoms. The molecule has 1 fully saturated rings. The molecule has 3 nitrogen and oxygen atoms in total. The average Bonchev–Trinajstić information content (AvgIpc) is 2.26. The van der Waals surface area contributed by atoms with Crippen LogP contribution in [0.15, 0.2) is 12.1 Å². The number of hydrogen-bond acceptors (Lipinski definition) is 3. The van der Waals surface area contributed by atoms with Crippen molar-refractivity contribution in [1.82, 2.24) is 0 Å². The molecule has 0 radical (unpaired) electrons. The normalized spacial score (nSPS) is 17.4. The fourth-order valence-electron chi connectivity index (χ4n) is 2.18. The zero-order chi connectivity index (χ0) is 12.4. The minimum Gasteiger partial charge on any atom is -0.493 e. The van der Waals surface area contributed by atoms with Crippen LogP contribution in [0.25, 0.3) is 0 Å². The van der Waals surface area contributed by atoms with Crippen molar-refractivity contribution < 1.29 is 13.9 Å². The first-order valence-corrected chi connectivity index (χ1v) is 5.84. The largest absolute Gasteiger partial charge is 0.493 e. The van der Waals surface area contributed by atoms with Gasteiger partial charge in [0, 0.05) is 17.7 Å². The van der Waals surface area contributed by atoms with Crippen molar-refractivity contribution in [3.63, 3.8) is 0 Å². The van der Waals surface area contributed by atoms with E-state index in [0.29, 0.717) is 23.0 Å². The van der Waals surface area contributed by atoms with E-state index in [1.807, 2.05) is 0 Å². The third-order valence-electron chi connectivity index (χ3n) is 3.52. The van der Waals surface area contributed by atoms with E-state index < -0.39 is 0 Å². The van der Waals surface area contributed by atoms with E-state index in [4.69, 9.17) is 15.2 Å². The molecule has 1 aromatic rings. The summed E-state index contributed by atoms with van der Waals surface area (Å²) in [4.78, 5) is 0. The molecule has 0 saturated heterocycles. The highest BCUT2D eigenvalue weighted by atomic mass is 19.1. The molecule has 2 N–H and O–H groups in total. The Morgan fingerprint density at radius 2 is 1.82 bits per heavy atom. The van der Waals surface area contributed by atoms with Crippen molar-refractivity contribution in [1.29, 1.82) is 0 Å². The topological polar surface area (TPSA) is 44.5 Å². The molecular formula is C13H18FNO2. The molecule has 0 aliphatic heterocycles. The molecule has 1 aromatic carbocycles. The molecule has 17 heavy (non-hydrogen) atoms. The SMILES string of the molecule is COc1cc(F)c([C@H](N)C2CCC2)cc1OC. The summed E-state index contributed by atoms with van der Waals surface area (Å²) < 4.78 is 24.1. The number of rotatable bonds is 4. The van der Waals surface area contributed by atoms with Gasteiger partial charge in [0.05, 0.1) is 14.2 Å². The minimum atomic E-state index is -0.318. The highest BCUT2D eigenvalue weighted by Gasteiger charge is 2.28. The van der Waals surface area contributed by atoms with Crippen molar-refractivity contribution >= 4 is 0 Å². The van der Waals surface area contributed by atoms with Crippen LogP contribution in [-0.2, 0) is 0 Å². The van der Waals surface area contributed by atoms with Crippen molar-refractivity contribution in [2.24, 2.45) is 11.7 Å². The first-order chi connectivity index (χ1) is 8.17. The van der Waals surface area contributed by atoms with E-state index in [2.05, 4.69) is 0 Å². The molecule has 4 heteroatoms. The van der Waals surface area contributed by atoms with Crippen LogP contribution in [0.3, 0.4) is 0 Å². The molecule has 0 bridgehead atoms. The van der Waals surface area contributed by atoms with Crippen LogP contribution < -0.4 is 15.2 Å². The zero-order valence-corrected chi connectivity index (χ0v) is 10.2. The Hall–Kier alpha value is -1.29. The summed E-state index contributed by atoms with van der Waals surface area (Å²) in [6.07, 6.45) is 3.34. The van der Waals surface area contributed by atoms with E-state index in [0.717, 1.165) is 12.8 Å². The maximum absolute atomic E-state index is 13.9. The molecule has 0 amide bonds. The predicted octanol–water partition coefficient (Wildman–Crippen LogP) is 2.64. The van der Waals surface area contributed by atoms with Crippen LogP contribution in [0.1, 0.15) is 30.9 Å². The lowest BCUT2D eigenvalue weighted by molar-refractivity contribution is 0.259. The van der Waals surface area contributed by atoms with Gasteiger partial charge in [0.15, 0.2) is 11.5 Å². The third-order valence-corrected chi connectivity index (χ3v) is 3.52. The van der Waals surface area contributed by atoms with Gasteiger partial charge in [-0.05, 0) is 24.8 Å². The van der Waals surface area contributed by atoms with Crippen LogP contribution in [0, 0.1) is 11.7 Å². The molecule has 1 atom stereocenters. The average molecular weight is 239 g/mol. The van der Waals surface area contributed by atoms with Gasteiger partial charge < -0.3 is 15.2 Å². The number of nitrogens with two attached hydrogens (primary N) is 1. The second kappa shape index (κ2) is 4.92. The highest BCUT2D eigenvalue weighted by molar-refractivity contribution is 5.44. The second-order valence-corrected chi connectivity index (χ2v) is 4.45. The number of halogens is 1. The highest BCUT2D eigenvalue weighted by Crippen LogP contribution is 2.39. The van der Waals surface area contributed by atoms with Crippen LogP contribution >= 0.6 is 0 Å². The molecule has 0 aromatic heterocycles. The first-order valence-electron chi connectivity index (χ1n) is 5.84. The molecule has 0 heterocycles. The Labute approximate surface area is 101 Å². The van der Waals surface area contributed by atoms with E-state index in [9.17, 15) is 4.39 Å². The Morgan fingerprint density at radius 3 is 2.29 bits per heavy atom. The quantitative estimate of drug-likeness (QED) is 0.878.